The van der Waals surface area contributed by atoms with Crippen LogP contribution in [0.25, 0.3) is 5.57 Å². The van der Waals surface area contributed by atoms with Crippen molar-refractivity contribution in [3.63, 3.8) is 0 Å². The standard InChI is InChI=1S/C20H22O2/c1-20(2,3)17-12-10-16(11-13-17)18(14-19(21)22-4)15-8-6-5-7-9-15/h5-14H,1-4H3/b18-14-. The van der Waals surface area contributed by atoms with Crippen LogP contribution in [0.4, 0.5) is 0 Å². The molecule has 0 aliphatic rings. The van der Waals surface area contributed by atoms with Gasteiger partial charge in [-0.05, 0) is 27.7 Å². The third-order valence-electron chi connectivity index (χ3n) is 3.61. The Morgan fingerprint density at radius 3 is 1.95 bits per heavy atom. The molecule has 0 N–H and O–H groups in total. The third kappa shape index (κ3) is 3.85. The van der Waals surface area contributed by atoms with E-state index in [1.165, 1.54) is 12.7 Å². The van der Waals surface area contributed by atoms with E-state index in [2.05, 4.69) is 45.0 Å². The molecule has 22 heavy (non-hydrogen) atoms. The quantitative estimate of drug-likeness (QED) is 0.611. The van der Waals surface area contributed by atoms with Gasteiger partial charge in [-0.2, -0.15) is 0 Å². The van der Waals surface area contributed by atoms with Gasteiger partial charge in [0.25, 0.3) is 0 Å². The fraction of sp³-hybridized carbons (Fsp3) is 0.250. The number of carbonyl (C=O) groups excluding carboxylic acids is 1. The van der Waals surface area contributed by atoms with Gasteiger partial charge in [-0.1, -0.05) is 75.4 Å². The first-order valence-electron chi connectivity index (χ1n) is 7.38. The normalized spacial score (nSPS) is 12.1. The van der Waals surface area contributed by atoms with E-state index in [9.17, 15) is 4.79 Å². The Morgan fingerprint density at radius 2 is 1.45 bits per heavy atom. The molecule has 0 saturated carbocycles. The molecule has 0 heterocycles. The molecule has 2 aromatic carbocycles. The van der Waals surface area contributed by atoms with Crippen molar-refractivity contribution in [3.05, 3.63) is 77.4 Å². The van der Waals surface area contributed by atoms with Crippen LogP contribution in [0, 0.1) is 0 Å². The van der Waals surface area contributed by atoms with Gasteiger partial charge in [0.15, 0.2) is 0 Å². The SMILES string of the molecule is COC(=O)/C=C(/c1ccccc1)c1ccc(C(C)(C)C)cc1. The summed E-state index contributed by atoms with van der Waals surface area (Å²) < 4.78 is 4.79. The van der Waals surface area contributed by atoms with Crippen LogP contribution in [-0.4, -0.2) is 13.1 Å². The van der Waals surface area contributed by atoms with Crippen LogP contribution in [0.5, 0.6) is 0 Å². The number of methoxy groups -OCH3 is 1. The Labute approximate surface area is 132 Å². The third-order valence-corrected chi connectivity index (χ3v) is 3.61. The Morgan fingerprint density at radius 1 is 0.909 bits per heavy atom. The lowest BCUT2D eigenvalue weighted by Crippen LogP contribution is -2.10. The van der Waals surface area contributed by atoms with Crippen LogP contribution in [0.3, 0.4) is 0 Å². The van der Waals surface area contributed by atoms with E-state index in [4.69, 9.17) is 4.74 Å². The first-order chi connectivity index (χ1) is 10.4. The van der Waals surface area contributed by atoms with E-state index in [0.29, 0.717) is 0 Å². The van der Waals surface area contributed by atoms with E-state index in [1.54, 1.807) is 6.08 Å². The Hall–Kier alpha value is -2.35. The Kier molecular flexibility index (Phi) is 4.81. The molecule has 0 fully saturated rings. The summed E-state index contributed by atoms with van der Waals surface area (Å²) in [6, 6.07) is 18.2. The minimum Gasteiger partial charge on any atom is -0.466 e. The average Bonchev–Trinajstić information content (AvgIpc) is 2.52. The summed E-state index contributed by atoms with van der Waals surface area (Å²) in [6.45, 7) is 6.55. The molecule has 0 aliphatic carbocycles. The molecule has 0 spiro atoms. The summed E-state index contributed by atoms with van der Waals surface area (Å²) in [4.78, 5) is 11.7. The predicted octanol–water partition coefficient (Wildman–Crippen LogP) is 4.59. The Bertz CT molecular complexity index is 659. The fourth-order valence-corrected chi connectivity index (χ4v) is 2.28. The first-order valence-corrected chi connectivity index (χ1v) is 7.38. The van der Waals surface area contributed by atoms with Gasteiger partial charge in [0.05, 0.1) is 7.11 Å². The van der Waals surface area contributed by atoms with Crippen LogP contribution < -0.4 is 0 Å². The summed E-state index contributed by atoms with van der Waals surface area (Å²) >= 11 is 0. The van der Waals surface area contributed by atoms with Crippen molar-refractivity contribution in [2.24, 2.45) is 0 Å². The van der Waals surface area contributed by atoms with Gasteiger partial charge in [0, 0.05) is 6.08 Å². The van der Waals surface area contributed by atoms with Crippen molar-refractivity contribution < 1.29 is 9.53 Å². The van der Waals surface area contributed by atoms with Gasteiger partial charge in [-0.3, -0.25) is 0 Å². The zero-order valence-corrected chi connectivity index (χ0v) is 13.6. The lowest BCUT2D eigenvalue weighted by Gasteiger charge is -2.19. The van der Waals surface area contributed by atoms with Gasteiger partial charge in [-0.25, -0.2) is 4.79 Å². The number of hydrogen-bond acceptors (Lipinski definition) is 2. The lowest BCUT2D eigenvalue weighted by atomic mass is 9.85. The number of benzene rings is 2. The molecule has 0 aromatic heterocycles. The smallest absolute Gasteiger partial charge is 0.331 e. The zero-order chi connectivity index (χ0) is 16.2. The molecular weight excluding hydrogens is 272 g/mol. The van der Waals surface area contributed by atoms with Gasteiger partial charge in [-0.15, -0.1) is 0 Å². The van der Waals surface area contributed by atoms with Crippen LogP contribution in [-0.2, 0) is 14.9 Å². The van der Waals surface area contributed by atoms with E-state index < -0.39 is 0 Å². The van der Waals surface area contributed by atoms with Gasteiger partial charge < -0.3 is 4.74 Å². The van der Waals surface area contributed by atoms with Crippen molar-refractivity contribution in [1.82, 2.24) is 0 Å². The zero-order valence-electron chi connectivity index (χ0n) is 13.6. The van der Waals surface area contributed by atoms with E-state index in [-0.39, 0.29) is 11.4 Å². The average molecular weight is 294 g/mol. The molecule has 0 atom stereocenters. The summed E-state index contributed by atoms with van der Waals surface area (Å²) in [5.74, 6) is -0.348. The second kappa shape index (κ2) is 6.61. The topological polar surface area (TPSA) is 26.3 Å². The molecule has 2 nitrogen and oxygen atoms in total. The van der Waals surface area contributed by atoms with Crippen molar-refractivity contribution >= 4 is 11.5 Å². The molecule has 0 saturated heterocycles. The highest BCUT2D eigenvalue weighted by Crippen LogP contribution is 2.27. The largest absolute Gasteiger partial charge is 0.466 e. The van der Waals surface area contributed by atoms with Crippen LogP contribution in [0.2, 0.25) is 0 Å². The molecular formula is C20H22O2. The molecule has 0 bridgehead atoms. The predicted molar refractivity (Wildman–Crippen MR) is 90.7 cm³/mol. The molecule has 2 aromatic rings. The highest BCUT2D eigenvalue weighted by molar-refractivity contribution is 5.96. The molecule has 114 valence electrons. The van der Waals surface area contributed by atoms with Crippen LogP contribution in [0.15, 0.2) is 60.7 Å². The molecule has 0 amide bonds. The van der Waals surface area contributed by atoms with E-state index in [0.717, 1.165) is 16.7 Å². The summed E-state index contributed by atoms with van der Waals surface area (Å²) in [7, 11) is 1.39. The van der Waals surface area contributed by atoms with E-state index >= 15 is 0 Å². The molecule has 0 unspecified atom stereocenters. The number of hydrogen-bond donors (Lipinski definition) is 0. The number of rotatable bonds is 3. The Balaban J connectivity index is 2.46. The lowest BCUT2D eigenvalue weighted by molar-refractivity contribution is -0.134. The number of ether oxygens (including phenoxy) is 1. The maximum Gasteiger partial charge on any atom is 0.331 e. The minimum atomic E-state index is -0.348. The monoisotopic (exact) mass is 294 g/mol. The maximum atomic E-state index is 11.7. The van der Waals surface area contributed by atoms with Gasteiger partial charge in [0.2, 0.25) is 0 Å². The fourth-order valence-electron chi connectivity index (χ4n) is 2.28. The summed E-state index contributed by atoms with van der Waals surface area (Å²) in [5, 5.41) is 0. The molecule has 2 heteroatoms. The summed E-state index contributed by atoms with van der Waals surface area (Å²) in [6.07, 6.45) is 1.54. The summed E-state index contributed by atoms with van der Waals surface area (Å²) in [5.41, 5.74) is 4.24. The van der Waals surface area contributed by atoms with Crippen molar-refractivity contribution in [1.29, 1.82) is 0 Å². The van der Waals surface area contributed by atoms with Crippen molar-refractivity contribution in [3.8, 4) is 0 Å². The van der Waals surface area contributed by atoms with Crippen molar-refractivity contribution in [2.75, 3.05) is 7.11 Å². The minimum absolute atomic E-state index is 0.109. The highest BCUT2D eigenvalue weighted by atomic mass is 16.5. The first kappa shape index (κ1) is 16.0. The van der Waals surface area contributed by atoms with Gasteiger partial charge >= 0.3 is 5.97 Å². The molecule has 2 rings (SSSR count). The van der Waals surface area contributed by atoms with E-state index in [1.807, 2.05) is 30.3 Å². The number of esters is 1. The maximum absolute atomic E-state index is 11.7. The second-order valence-electron chi connectivity index (χ2n) is 6.27. The van der Waals surface area contributed by atoms with Crippen LogP contribution in [0.1, 0.15) is 37.5 Å². The molecule has 0 radical (unpaired) electrons. The number of carbonyl (C=O) groups is 1. The van der Waals surface area contributed by atoms with Crippen LogP contribution >= 0.6 is 0 Å². The highest BCUT2D eigenvalue weighted by Gasteiger charge is 2.14. The molecule has 0 aliphatic heterocycles. The van der Waals surface area contributed by atoms with Crippen molar-refractivity contribution in [2.45, 2.75) is 26.2 Å². The van der Waals surface area contributed by atoms with Gasteiger partial charge in [0.1, 0.15) is 0 Å². The second-order valence-corrected chi connectivity index (χ2v) is 6.27.